The van der Waals surface area contributed by atoms with Gasteiger partial charge in [-0.15, -0.1) is 0 Å². The van der Waals surface area contributed by atoms with Gasteiger partial charge in [-0.1, -0.05) is 23.7 Å². The van der Waals surface area contributed by atoms with Gasteiger partial charge < -0.3 is 35.5 Å². The Morgan fingerprint density at radius 1 is 1.05 bits per heavy atom. The largest absolute Gasteiger partial charge is 0.494 e. The number of hydrogen-bond acceptors (Lipinski definition) is 10. The van der Waals surface area contributed by atoms with E-state index in [1.165, 1.54) is 6.20 Å². The van der Waals surface area contributed by atoms with Gasteiger partial charge in [-0.25, -0.2) is 4.98 Å². The van der Waals surface area contributed by atoms with Crippen molar-refractivity contribution in [2.45, 2.75) is 18.9 Å². The maximum atomic E-state index is 12.8. The number of aromatic nitrogens is 2. The highest BCUT2D eigenvalue weighted by Gasteiger charge is 2.29. The van der Waals surface area contributed by atoms with Crippen molar-refractivity contribution in [2.24, 2.45) is 5.73 Å². The summed E-state index contributed by atoms with van der Waals surface area (Å²) >= 11 is 6.43. The van der Waals surface area contributed by atoms with Crippen LogP contribution >= 0.6 is 18.7 Å². The van der Waals surface area contributed by atoms with Crippen molar-refractivity contribution in [3.8, 4) is 5.75 Å². The first-order chi connectivity index (χ1) is 20.7. The third-order valence-corrected chi connectivity index (χ3v) is 9.93. The molecule has 43 heavy (non-hydrogen) atoms. The van der Waals surface area contributed by atoms with Crippen LogP contribution in [0.4, 0.5) is 28.8 Å². The third-order valence-electron chi connectivity index (χ3n) is 8.10. The Bertz CT molecular complexity index is 1490. The molecule has 2 aromatic carbocycles. The Morgan fingerprint density at radius 3 is 2.44 bits per heavy atom. The zero-order valence-corrected chi connectivity index (χ0v) is 26.6. The molecule has 1 aromatic heterocycles. The van der Waals surface area contributed by atoms with E-state index in [1.807, 2.05) is 41.3 Å². The molecule has 11 nitrogen and oxygen atoms in total. The lowest BCUT2D eigenvalue weighted by atomic mass is 10.0. The topological polar surface area (TPSA) is 129 Å². The van der Waals surface area contributed by atoms with Crippen LogP contribution in [0.5, 0.6) is 5.75 Å². The number of halogens is 1. The second kappa shape index (κ2) is 13.5. The number of anilines is 5. The zero-order valence-electron chi connectivity index (χ0n) is 24.9. The number of rotatable bonds is 9. The van der Waals surface area contributed by atoms with Crippen molar-refractivity contribution in [2.75, 3.05) is 81.8 Å². The number of nitrogens with two attached hydrogens (primary N) is 1. The number of carbonyl (C=O) groups excluding carboxylic acids is 1. The lowest BCUT2D eigenvalue weighted by Gasteiger charge is -2.43. The van der Waals surface area contributed by atoms with Crippen molar-refractivity contribution in [1.29, 1.82) is 0 Å². The van der Waals surface area contributed by atoms with E-state index >= 15 is 0 Å². The van der Waals surface area contributed by atoms with Gasteiger partial charge in [-0.2, -0.15) is 4.98 Å². The standard InChI is InChI=1S/C30H40ClN8O3P/c1-42-26-18-22(37-12-10-21(11-13-37)38-14-16-39(17-15-38)28(40)19-32)8-9-24(26)35-30-33-20-23(31)29(36-30)34-25-6-4-5-7-27(25)43(2,3)41/h4-9,18,20-21H,10-17,19,32H2,1-3H3,(H2,33,34,35,36). The Balaban J connectivity index is 1.23. The van der Waals surface area contributed by atoms with Gasteiger partial charge in [0, 0.05) is 62.4 Å². The van der Waals surface area contributed by atoms with Gasteiger partial charge >= 0.3 is 0 Å². The zero-order chi connectivity index (χ0) is 30.6. The number of hydrogen-bond donors (Lipinski definition) is 3. The first-order valence-electron chi connectivity index (χ1n) is 14.5. The van der Waals surface area contributed by atoms with Gasteiger partial charge in [0.05, 0.1) is 31.2 Å². The summed E-state index contributed by atoms with van der Waals surface area (Å²) in [6.07, 6.45) is 3.66. The van der Waals surface area contributed by atoms with Crippen LogP contribution in [0.15, 0.2) is 48.7 Å². The molecule has 1 amide bonds. The Kier molecular flexibility index (Phi) is 9.76. The molecular weight excluding hydrogens is 587 g/mol. The minimum Gasteiger partial charge on any atom is -0.494 e. The molecule has 2 aliphatic heterocycles. The maximum absolute atomic E-state index is 12.8. The number of para-hydroxylation sites is 1. The van der Waals surface area contributed by atoms with Gasteiger partial charge in [0.1, 0.15) is 17.9 Å². The van der Waals surface area contributed by atoms with Crippen molar-refractivity contribution in [3.63, 3.8) is 0 Å². The molecule has 0 aliphatic carbocycles. The molecule has 230 valence electrons. The number of nitrogens with zero attached hydrogens (tertiary/aromatic N) is 5. The summed E-state index contributed by atoms with van der Waals surface area (Å²) in [5.74, 6) is 1.47. The molecule has 2 aliphatic rings. The van der Waals surface area contributed by atoms with Crippen LogP contribution in [0.2, 0.25) is 5.02 Å². The Labute approximate surface area is 258 Å². The minimum absolute atomic E-state index is 0.0351. The molecule has 0 atom stereocenters. The highest BCUT2D eigenvalue weighted by atomic mass is 35.5. The monoisotopic (exact) mass is 626 g/mol. The molecule has 4 N–H and O–H groups in total. The molecule has 0 saturated carbocycles. The summed E-state index contributed by atoms with van der Waals surface area (Å²) in [6.45, 7) is 8.75. The van der Waals surface area contributed by atoms with Crippen molar-refractivity contribution in [1.82, 2.24) is 19.8 Å². The van der Waals surface area contributed by atoms with Crippen LogP contribution in [-0.2, 0) is 9.36 Å². The van der Waals surface area contributed by atoms with E-state index in [0.29, 0.717) is 34.3 Å². The van der Waals surface area contributed by atoms with Gasteiger partial charge in [0.25, 0.3) is 0 Å². The normalized spacial score (nSPS) is 16.7. The quantitative estimate of drug-likeness (QED) is 0.300. The molecule has 3 heterocycles. The predicted octanol–water partition coefficient (Wildman–Crippen LogP) is 3.95. The molecule has 0 unspecified atom stereocenters. The summed E-state index contributed by atoms with van der Waals surface area (Å²) in [6, 6.07) is 14.0. The van der Waals surface area contributed by atoms with Gasteiger partial charge in [0.2, 0.25) is 11.9 Å². The van der Waals surface area contributed by atoms with E-state index in [1.54, 1.807) is 20.4 Å². The van der Waals surface area contributed by atoms with E-state index in [-0.39, 0.29) is 12.5 Å². The van der Waals surface area contributed by atoms with Crippen LogP contribution < -0.4 is 31.3 Å². The van der Waals surface area contributed by atoms with Crippen molar-refractivity contribution >= 4 is 58.8 Å². The maximum Gasteiger partial charge on any atom is 0.236 e. The van der Waals surface area contributed by atoms with Crippen LogP contribution in [0.25, 0.3) is 0 Å². The minimum atomic E-state index is -2.52. The number of benzene rings is 2. The fourth-order valence-electron chi connectivity index (χ4n) is 5.75. The lowest BCUT2D eigenvalue weighted by molar-refractivity contribution is -0.131. The predicted molar refractivity (Wildman–Crippen MR) is 175 cm³/mol. The van der Waals surface area contributed by atoms with Crippen LogP contribution in [-0.4, -0.2) is 98.0 Å². The first kappa shape index (κ1) is 31.1. The van der Waals surface area contributed by atoms with E-state index in [4.69, 9.17) is 22.1 Å². The van der Waals surface area contributed by atoms with Crippen molar-refractivity contribution < 1.29 is 14.1 Å². The average molecular weight is 627 g/mol. The first-order valence-corrected chi connectivity index (χ1v) is 17.5. The summed E-state index contributed by atoms with van der Waals surface area (Å²) in [5.41, 5.74) is 8.04. The van der Waals surface area contributed by atoms with Crippen molar-refractivity contribution in [3.05, 3.63) is 53.7 Å². The number of methoxy groups -OCH3 is 1. The highest BCUT2D eigenvalue weighted by Crippen LogP contribution is 2.39. The van der Waals surface area contributed by atoms with Crippen LogP contribution in [0, 0.1) is 0 Å². The smallest absolute Gasteiger partial charge is 0.236 e. The fourth-order valence-corrected chi connectivity index (χ4v) is 7.04. The molecule has 13 heteroatoms. The molecule has 2 saturated heterocycles. The number of piperazine rings is 1. The second-order valence-electron chi connectivity index (χ2n) is 11.2. The SMILES string of the molecule is COc1cc(N2CCC(N3CCN(C(=O)CN)CC3)CC2)ccc1Nc1ncc(Cl)c(Nc2ccccc2P(C)(C)=O)n1. The molecule has 0 spiro atoms. The number of carbonyl (C=O) groups is 1. The Hall–Kier alpha value is -3.37. The molecule has 0 bridgehead atoms. The van der Waals surface area contributed by atoms with Crippen LogP contribution in [0.1, 0.15) is 12.8 Å². The number of ether oxygens (including phenoxy) is 1. The molecule has 2 fully saturated rings. The summed E-state index contributed by atoms with van der Waals surface area (Å²) < 4.78 is 18.5. The Morgan fingerprint density at radius 2 is 1.77 bits per heavy atom. The van der Waals surface area contributed by atoms with Crippen LogP contribution in [0.3, 0.4) is 0 Å². The molecule has 3 aromatic rings. The summed E-state index contributed by atoms with van der Waals surface area (Å²) in [4.78, 5) is 27.6. The fraction of sp³-hybridized carbons (Fsp3) is 0.433. The number of piperidine rings is 1. The highest BCUT2D eigenvalue weighted by molar-refractivity contribution is 7.70. The van der Waals surface area contributed by atoms with E-state index < -0.39 is 7.14 Å². The van der Waals surface area contributed by atoms with E-state index in [0.717, 1.165) is 68.8 Å². The molecular formula is C30H40ClN8O3P. The van der Waals surface area contributed by atoms with Gasteiger partial charge in [-0.05, 0) is 50.4 Å². The third kappa shape index (κ3) is 7.41. The lowest BCUT2D eigenvalue weighted by Crippen LogP contribution is -2.55. The summed E-state index contributed by atoms with van der Waals surface area (Å²) in [7, 11) is -0.879. The van der Waals surface area contributed by atoms with E-state index in [2.05, 4.69) is 36.5 Å². The summed E-state index contributed by atoms with van der Waals surface area (Å²) in [5, 5.41) is 7.56. The van der Waals surface area contributed by atoms with E-state index in [9.17, 15) is 9.36 Å². The van der Waals surface area contributed by atoms with Gasteiger partial charge in [-0.3, -0.25) is 9.69 Å². The number of nitrogens with one attached hydrogen (secondary N) is 2. The molecule has 5 rings (SSSR count). The molecule has 0 radical (unpaired) electrons. The second-order valence-corrected chi connectivity index (χ2v) is 14.8. The van der Waals surface area contributed by atoms with Gasteiger partial charge in [0.15, 0.2) is 5.82 Å². The average Bonchev–Trinajstić information content (AvgIpc) is 3.02. The number of amides is 1.